The van der Waals surface area contributed by atoms with E-state index in [2.05, 4.69) is 10.9 Å². The average molecular weight is 441 g/mol. The third kappa shape index (κ3) is 4.85. The van der Waals surface area contributed by atoms with Gasteiger partial charge in [-0.1, -0.05) is 23.6 Å². The first-order valence-corrected chi connectivity index (χ1v) is 10.1. The van der Waals surface area contributed by atoms with Gasteiger partial charge in [0.05, 0.1) is 21.2 Å². The number of amides is 1. The number of hydrogen-bond donors (Lipinski definition) is 1. The number of benzene rings is 2. The number of nitrogens with zero attached hydrogens (tertiary/aromatic N) is 2. The molecule has 0 unspecified atom stereocenters. The molecule has 1 heterocycles. The fraction of sp³-hybridized carbons (Fsp3) is 0.136. The Balaban J connectivity index is 1.85. The maximum absolute atomic E-state index is 12.8. The molecule has 8 heteroatoms. The molecule has 1 saturated heterocycles. The van der Waals surface area contributed by atoms with Crippen LogP contribution in [0.3, 0.4) is 0 Å². The first-order chi connectivity index (χ1) is 14.4. The molecule has 2 aromatic rings. The normalized spacial score (nSPS) is 16.2. The van der Waals surface area contributed by atoms with Crippen LogP contribution in [0.1, 0.15) is 22.8 Å². The van der Waals surface area contributed by atoms with E-state index in [1.165, 1.54) is 23.9 Å². The number of likely N-dealkylation sites (N-methyl/N-ethyl adjacent to an activating group) is 1. The number of halogens is 1. The number of carbonyl (C=O) groups excluding carboxylic acids is 1. The Morgan fingerprint density at radius 2 is 2.07 bits per heavy atom. The van der Waals surface area contributed by atoms with Gasteiger partial charge >= 0.3 is 5.97 Å². The standard InChI is InChI=1S/C22H17ClN2O4S/c1-3-11-29-18-10-5-14(12-17(18)23)13-19-20(26)25(4-2)22(30-19)24-16-8-6-15(7-9-16)21(27)28/h1,5-10,12-13H,4,11H2,2H3,(H,27,28)/b19-13-,24-22?. The minimum Gasteiger partial charge on any atom is -0.479 e. The van der Waals surface area contributed by atoms with Gasteiger partial charge in [0.2, 0.25) is 0 Å². The second-order valence-electron chi connectivity index (χ2n) is 6.09. The van der Waals surface area contributed by atoms with Crippen molar-refractivity contribution in [3.63, 3.8) is 0 Å². The first kappa shape index (κ1) is 21.5. The summed E-state index contributed by atoms with van der Waals surface area (Å²) in [6.07, 6.45) is 6.92. The summed E-state index contributed by atoms with van der Waals surface area (Å²) in [6.45, 7) is 2.43. The molecule has 30 heavy (non-hydrogen) atoms. The van der Waals surface area contributed by atoms with Crippen molar-refractivity contribution in [1.82, 2.24) is 4.90 Å². The number of rotatable bonds is 6. The van der Waals surface area contributed by atoms with E-state index in [9.17, 15) is 9.59 Å². The van der Waals surface area contributed by atoms with Crippen molar-refractivity contribution in [2.45, 2.75) is 6.92 Å². The van der Waals surface area contributed by atoms with E-state index < -0.39 is 5.97 Å². The lowest BCUT2D eigenvalue weighted by Gasteiger charge is -2.12. The van der Waals surface area contributed by atoms with Crippen LogP contribution in [-0.2, 0) is 4.79 Å². The van der Waals surface area contributed by atoms with Crippen LogP contribution >= 0.6 is 23.4 Å². The third-order valence-corrected chi connectivity index (χ3v) is 5.41. The van der Waals surface area contributed by atoms with Crippen molar-refractivity contribution in [3.05, 3.63) is 63.5 Å². The lowest BCUT2D eigenvalue weighted by atomic mass is 10.2. The van der Waals surface area contributed by atoms with Gasteiger partial charge in [-0.2, -0.15) is 0 Å². The van der Waals surface area contributed by atoms with Crippen LogP contribution < -0.4 is 4.74 Å². The number of aliphatic imine (C=N–C) groups is 1. The van der Waals surface area contributed by atoms with Gasteiger partial charge in [-0.15, -0.1) is 6.42 Å². The van der Waals surface area contributed by atoms with Gasteiger partial charge in [0, 0.05) is 6.54 Å². The number of carboxylic acids is 1. The monoisotopic (exact) mass is 440 g/mol. The van der Waals surface area contributed by atoms with Crippen molar-refractivity contribution in [2.75, 3.05) is 13.2 Å². The Hall–Kier alpha value is -3.21. The Labute approximate surface area is 183 Å². The van der Waals surface area contributed by atoms with E-state index in [-0.39, 0.29) is 18.1 Å². The highest BCUT2D eigenvalue weighted by Crippen LogP contribution is 2.35. The summed E-state index contributed by atoms with van der Waals surface area (Å²) in [5.74, 6) is 1.69. The molecule has 0 atom stereocenters. The maximum atomic E-state index is 12.8. The molecule has 1 amide bonds. The Morgan fingerprint density at radius 1 is 1.33 bits per heavy atom. The molecule has 0 bridgehead atoms. The minimum absolute atomic E-state index is 0.118. The zero-order valence-electron chi connectivity index (χ0n) is 16.0. The molecule has 1 aliphatic rings. The predicted molar refractivity (Wildman–Crippen MR) is 119 cm³/mol. The SMILES string of the molecule is C#CCOc1ccc(/C=C2\SC(=Nc3ccc(C(=O)O)cc3)N(CC)C2=O)cc1Cl. The van der Waals surface area contributed by atoms with Gasteiger partial charge in [0.1, 0.15) is 12.4 Å². The van der Waals surface area contributed by atoms with Crippen molar-refractivity contribution in [3.8, 4) is 18.1 Å². The summed E-state index contributed by atoms with van der Waals surface area (Å²) >= 11 is 7.47. The molecular weight excluding hydrogens is 424 g/mol. The molecule has 0 radical (unpaired) electrons. The van der Waals surface area contributed by atoms with Crippen LogP contribution in [0.4, 0.5) is 5.69 Å². The number of thioether (sulfide) groups is 1. The lowest BCUT2D eigenvalue weighted by Crippen LogP contribution is -2.28. The lowest BCUT2D eigenvalue weighted by molar-refractivity contribution is -0.122. The molecular formula is C22H17ClN2O4S. The first-order valence-electron chi connectivity index (χ1n) is 8.92. The number of carboxylic acid groups (broad SMARTS) is 1. The topological polar surface area (TPSA) is 79.2 Å². The number of amidine groups is 1. The number of aromatic carboxylic acids is 1. The van der Waals surface area contributed by atoms with E-state index in [0.29, 0.717) is 33.1 Å². The number of ether oxygens (including phenoxy) is 1. The van der Waals surface area contributed by atoms with Crippen molar-refractivity contribution >= 4 is 52.2 Å². The molecule has 0 saturated carbocycles. The molecule has 152 valence electrons. The van der Waals surface area contributed by atoms with Crippen molar-refractivity contribution in [2.24, 2.45) is 4.99 Å². The van der Waals surface area contributed by atoms with Gasteiger partial charge in [-0.05, 0) is 66.7 Å². The van der Waals surface area contributed by atoms with E-state index in [1.807, 2.05) is 6.92 Å². The third-order valence-electron chi connectivity index (χ3n) is 4.11. The quantitative estimate of drug-likeness (QED) is 0.521. The summed E-state index contributed by atoms with van der Waals surface area (Å²) < 4.78 is 5.35. The largest absolute Gasteiger partial charge is 0.479 e. The van der Waals surface area contributed by atoms with Crippen LogP contribution in [0.15, 0.2) is 52.4 Å². The molecule has 0 aliphatic carbocycles. The van der Waals surface area contributed by atoms with E-state index in [0.717, 1.165) is 5.56 Å². The summed E-state index contributed by atoms with van der Waals surface area (Å²) in [5, 5.41) is 9.93. The smallest absolute Gasteiger partial charge is 0.335 e. The summed E-state index contributed by atoms with van der Waals surface area (Å²) in [6, 6.07) is 11.3. The minimum atomic E-state index is -1.01. The van der Waals surface area contributed by atoms with Gasteiger partial charge in [0.15, 0.2) is 5.17 Å². The zero-order valence-corrected chi connectivity index (χ0v) is 17.5. The van der Waals surface area contributed by atoms with Crippen LogP contribution in [0.5, 0.6) is 5.75 Å². The molecule has 0 aromatic heterocycles. The van der Waals surface area contributed by atoms with Gasteiger partial charge in [-0.25, -0.2) is 9.79 Å². The fourth-order valence-corrected chi connectivity index (χ4v) is 3.96. The summed E-state index contributed by atoms with van der Waals surface area (Å²) in [7, 11) is 0. The van der Waals surface area contributed by atoms with Crippen LogP contribution in [0.25, 0.3) is 6.08 Å². The Bertz CT molecular complexity index is 1090. The Kier molecular flexibility index (Phi) is 6.83. The highest BCUT2D eigenvalue weighted by atomic mass is 35.5. The van der Waals surface area contributed by atoms with Gasteiger partial charge < -0.3 is 9.84 Å². The molecule has 1 N–H and O–H groups in total. The number of terminal acetylenes is 1. The molecule has 2 aromatic carbocycles. The van der Waals surface area contributed by atoms with Gasteiger partial charge in [-0.3, -0.25) is 9.69 Å². The highest BCUT2D eigenvalue weighted by Gasteiger charge is 2.32. The number of carbonyl (C=O) groups is 2. The second kappa shape index (κ2) is 9.53. The zero-order chi connectivity index (χ0) is 21.7. The predicted octanol–water partition coefficient (Wildman–Crippen LogP) is 4.67. The summed E-state index contributed by atoms with van der Waals surface area (Å²) in [4.78, 5) is 30.3. The molecule has 1 aliphatic heterocycles. The van der Waals surface area contributed by atoms with Crippen molar-refractivity contribution in [1.29, 1.82) is 0 Å². The highest BCUT2D eigenvalue weighted by molar-refractivity contribution is 8.18. The molecule has 0 spiro atoms. The van der Waals surface area contributed by atoms with Crippen molar-refractivity contribution < 1.29 is 19.4 Å². The molecule has 1 fully saturated rings. The maximum Gasteiger partial charge on any atom is 0.335 e. The second-order valence-corrected chi connectivity index (χ2v) is 7.51. The van der Waals surface area contributed by atoms with Crippen LogP contribution in [-0.4, -0.2) is 40.2 Å². The fourth-order valence-electron chi connectivity index (χ4n) is 2.65. The van der Waals surface area contributed by atoms with E-state index in [4.69, 9.17) is 27.9 Å². The number of hydrogen-bond acceptors (Lipinski definition) is 5. The van der Waals surface area contributed by atoms with Crippen LogP contribution in [0.2, 0.25) is 5.02 Å². The Morgan fingerprint density at radius 3 is 2.67 bits per heavy atom. The molecule has 3 rings (SSSR count). The average Bonchev–Trinajstić information content (AvgIpc) is 3.01. The van der Waals surface area contributed by atoms with Gasteiger partial charge in [0.25, 0.3) is 5.91 Å². The molecule has 6 nitrogen and oxygen atoms in total. The summed E-state index contributed by atoms with van der Waals surface area (Å²) in [5.41, 5.74) is 1.48. The van der Waals surface area contributed by atoms with E-state index >= 15 is 0 Å². The van der Waals surface area contributed by atoms with E-state index in [1.54, 1.807) is 41.3 Å². The van der Waals surface area contributed by atoms with Crippen LogP contribution in [0, 0.1) is 12.3 Å².